The molecule has 3 aliphatic rings. The van der Waals surface area contributed by atoms with Gasteiger partial charge in [-0.05, 0) is 24.7 Å². The van der Waals surface area contributed by atoms with Crippen LogP contribution in [0.15, 0.2) is 0 Å². The number of likely N-dealkylation sites (tertiary alicyclic amines) is 2. The Morgan fingerprint density at radius 1 is 1.32 bits per heavy atom. The van der Waals surface area contributed by atoms with E-state index in [-0.39, 0.29) is 54.5 Å². The Labute approximate surface area is 148 Å². The monoisotopic (exact) mass is 357 g/mol. The fourth-order valence-electron chi connectivity index (χ4n) is 4.48. The van der Waals surface area contributed by atoms with Crippen molar-refractivity contribution < 1.29 is 18.4 Å². The van der Waals surface area contributed by atoms with E-state index in [1.54, 1.807) is 0 Å². The van der Waals surface area contributed by atoms with E-state index < -0.39 is 5.92 Å². The first kappa shape index (κ1) is 18.5. The van der Waals surface area contributed by atoms with Gasteiger partial charge in [-0.3, -0.25) is 14.5 Å². The molecule has 0 aromatic carbocycles. The number of likely N-dealkylation sites (N-methyl/N-ethyl adjacent to an activating group) is 1. The predicted octanol–water partition coefficient (Wildman–Crippen LogP) is 1.87. The van der Waals surface area contributed by atoms with Crippen LogP contribution in [0, 0.1) is 11.3 Å². The van der Waals surface area contributed by atoms with E-state index in [0.717, 1.165) is 26.1 Å². The summed E-state index contributed by atoms with van der Waals surface area (Å²) in [5.41, 5.74) is -0.140. The van der Waals surface area contributed by atoms with Crippen molar-refractivity contribution in [3.63, 3.8) is 0 Å². The number of hydrogen-bond acceptors (Lipinski definition) is 3. The molecule has 3 fully saturated rings. The van der Waals surface area contributed by atoms with Gasteiger partial charge in [0.05, 0.1) is 6.04 Å². The van der Waals surface area contributed by atoms with Gasteiger partial charge in [-0.2, -0.15) is 0 Å². The van der Waals surface area contributed by atoms with E-state index in [2.05, 4.69) is 24.1 Å². The Morgan fingerprint density at radius 3 is 2.56 bits per heavy atom. The maximum Gasteiger partial charge on any atom is 0.248 e. The summed E-state index contributed by atoms with van der Waals surface area (Å²) in [6, 6.07) is -0.143. The lowest BCUT2D eigenvalue weighted by Crippen LogP contribution is -2.47. The second kappa shape index (κ2) is 6.49. The molecule has 0 aromatic rings. The summed E-state index contributed by atoms with van der Waals surface area (Å²) in [4.78, 5) is 28.7. The maximum atomic E-state index is 12.9. The van der Waals surface area contributed by atoms with Crippen LogP contribution in [-0.4, -0.2) is 65.8 Å². The van der Waals surface area contributed by atoms with Gasteiger partial charge < -0.3 is 10.2 Å². The third kappa shape index (κ3) is 3.81. The number of carbonyl (C=O) groups excluding carboxylic acids is 2. The summed E-state index contributed by atoms with van der Waals surface area (Å²) >= 11 is 0. The van der Waals surface area contributed by atoms with E-state index in [1.165, 1.54) is 0 Å². The van der Waals surface area contributed by atoms with Gasteiger partial charge >= 0.3 is 0 Å². The Bertz CT molecular complexity index is 544. The quantitative estimate of drug-likeness (QED) is 0.817. The zero-order chi connectivity index (χ0) is 18.4. The molecule has 5 nitrogen and oxygen atoms in total. The summed E-state index contributed by atoms with van der Waals surface area (Å²) in [5, 5.41) is 3.04. The number of halogens is 2. The number of hydrogen-bond donors (Lipinski definition) is 1. The molecule has 1 saturated carbocycles. The minimum Gasteiger partial charge on any atom is -0.351 e. The molecule has 2 unspecified atom stereocenters. The predicted molar refractivity (Wildman–Crippen MR) is 90.2 cm³/mol. The highest BCUT2D eigenvalue weighted by Gasteiger charge is 2.48. The summed E-state index contributed by atoms with van der Waals surface area (Å²) in [6.07, 6.45) is 0.656. The second-order valence-electron chi connectivity index (χ2n) is 8.59. The molecule has 142 valence electrons. The first-order chi connectivity index (χ1) is 11.6. The number of carbonyl (C=O) groups is 2. The first-order valence-electron chi connectivity index (χ1n) is 9.31. The second-order valence-corrected chi connectivity index (χ2v) is 8.59. The van der Waals surface area contributed by atoms with Gasteiger partial charge in [-0.1, -0.05) is 13.8 Å². The van der Waals surface area contributed by atoms with Gasteiger partial charge in [0, 0.05) is 51.5 Å². The zero-order valence-corrected chi connectivity index (χ0v) is 15.4. The number of amides is 2. The molecule has 2 saturated heterocycles. The topological polar surface area (TPSA) is 52.6 Å². The molecule has 0 bridgehead atoms. The van der Waals surface area contributed by atoms with Gasteiger partial charge in [0.2, 0.25) is 17.7 Å². The fourth-order valence-corrected chi connectivity index (χ4v) is 4.48. The molecule has 7 heteroatoms. The van der Waals surface area contributed by atoms with Crippen LogP contribution in [-0.2, 0) is 9.59 Å². The third-order valence-corrected chi connectivity index (χ3v) is 6.05. The van der Waals surface area contributed by atoms with Crippen LogP contribution in [0.1, 0.15) is 46.5 Å². The molecule has 1 aliphatic carbocycles. The van der Waals surface area contributed by atoms with E-state index in [4.69, 9.17) is 0 Å². The molecule has 2 aliphatic heterocycles. The minimum atomic E-state index is -2.58. The van der Waals surface area contributed by atoms with Gasteiger partial charge in [0.1, 0.15) is 0 Å². The van der Waals surface area contributed by atoms with Crippen LogP contribution in [0.3, 0.4) is 0 Å². The van der Waals surface area contributed by atoms with Crippen LogP contribution in [0.5, 0.6) is 0 Å². The smallest absolute Gasteiger partial charge is 0.248 e. The molecular weight excluding hydrogens is 328 g/mol. The average molecular weight is 357 g/mol. The average Bonchev–Trinajstić information content (AvgIpc) is 2.97. The molecule has 25 heavy (non-hydrogen) atoms. The summed E-state index contributed by atoms with van der Waals surface area (Å²) < 4.78 is 25.8. The molecule has 3 rings (SSSR count). The van der Waals surface area contributed by atoms with Crippen LogP contribution in [0.2, 0.25) is 0 Å². The Morgan fingerprint density at radius 2 is 2.00 bits per heavy atom. The minimum absolute atomic E-state index is 0.0518. The Hall–Kier alpha value is -1.24. The van der Waals surface area contributed by atoms with Gasteiger partial charge in [-0.15, -0.1) is 0 Å². The van der Waals surface area contributed by atoms with E-state index in [9.17, 15) is 18.4 Å². The van der Waals surface area contributed by atoms with Crippen molar-refractivity contribution in [2.24, 2.45) is 11.3 Å². The highest BCUT2D eigenvalue weighted by Crippen LogP contribution is 2.44. The molecule has 2 heterocycles. The molecule has 0 radical (unpaired) electrons. The number of alkyl halides is 2. The zero-order valence-electron chi connectivity index (χ0n) is 15.4. The van der Waals surface area contributed by atoms with Crippen LogP contribution in [0.4, 0.5) is 8.78 Å². The van der Waals surface area contributed by atoms with Crippen molar-refractivity contribution in [1.82, 2.24) is 15.1 Å². The third-order valence-electron chi connectivity index (χ3n) is 6.05. The molecule has 2 amide bonds. The standard InChI is InChI=1S/C18H29F2N3O2/c1-4-22-6-5-13(16(22)25)23-10-14(17(2,3)11-23)21-15(24)7-12-8-18(19,20)9-12/h12-14H,4-11H2,1-3H3,(H,21,24). The van der Waals surface area contributed by atoms with Crippen molar-refractivity contribution in [3.05, 3.63) is 0 Å². The van der Waals surface area contributed by atoms with E-state index in [0.29, 0.717) is 6.54 Å². The Kier molecular flexibility index (Phi) is 4.81. The van der Waals surface area contributed by atoms with Crippen molar-refractivity contribution in [1.29, 1.82) is 0 Å². The lowest BCUT2D eigenvalue weighted by molar-refractivity contribution is -0.134. The van der Waals surface area contributed by atoms with Gasteiger partial charge in [0.15, 0.2) is 0 Å². The largest absolute Gasteiger partial charge is 0.351 e. The maximum absolute atomic E-state index is 12.9. The molecule has 2 atom stereocenters. The van der Waals surface area contributed by atoms with E-state index >= 15 is 0 Å². The van der Waals surface area contributed by atoms with Crippen LogP contribution >= 0.6 is 0 Å². The number of nitrogens with one attached hydrogen (secondary N) is 1. The lowest BCUT2D eigenvalue weighted by Gasteiger charge is -2.35. The molecule has 1 N–H and O–H groups in total. The fraction of sp³-hybridized carbons (Fsp3) is 0.889. The van der Waals surface area contributed by atoms with Crippen molar-refractivity contribution in [3.8, 4) is 0 Å². The molecule has 0 spiro atoms. The summed E-state index contributed by atoms with van der Waals surface area (Å²) in [7, 11) is 0. The molecule has 0 aromatic heterocycles. The normalized spacial score (nSPS) is 32.0. The van der Waals surface area contributed by atoms with Crippen LogP contribution in [0.25, 0.3) is 0 Å². The lowest BCUT2D eigenvalue weighted by atomic mass is 9.79. The van der Waals surface area contributed by atoms with Crippen molar-refractivity contribution in [2.75, 3.05) is 26.2 Å². The summed E-state index contributed by atoms with van der Waals surface area (Å²) in [5.74, 6) is -2.75. The highest BCUT2D eigenvalue weighted by atomic mass is 19.3. The van der Waals surface area contributed by atoms with Crippen molar-refractivity contribution >= 4 is 11.8 Å². The number of rotatable bonds is 5. The highest BCUT2D eigenvalue weighted by molar-refractivity contribution is 5.84. The van der Waals surface area contributed by atoms with Crippen LogP contribution < -0.4 is 5.32 Å². The van der Waals surface area contributed by atoms with Gasteiger partial charge in [-0.25, -0.2) is 8.78 Å². The molecular formula is C18H29F2N3O2. The van der Waals surface area contributed by atoms with E-state index in [1.807, 2.05) is 11.8 Å². The number of nitrogens with zero attached hydrogens (tertiary/aromatic N) is 2. The summed E-state index contributed by atoms with van der Waals surface area (Å²) in [6.45, 7) is 9.10. The SMILES string of the molecule is CCN1CCC(N2CC(NC(=O)CC3CC(F)(F)C3)C(C)(C)C2)C1=O. The van der Waals surface area contributed by atoms with Gasteiger partial charge in [0.25, 0.3) is 0 Å². The van der Waals surface area contributed by atoms with Crippen molar-refractivity contribution in [2.45, 2.75) is 64.5 Å². The first-order valence-corrected chi connectivity index (χ1v) is 9.31. The Balaban J connectivity index is 1.54.